The minimum Gasteiger partial charge on any atom is -0.494 e. The number of benzene rings is 1. The number of piperazine rings is 1. The van der Waals surface area contributed by atoms with E-state index < -0.39 is 0 Å². The zero-order valence-electron chi connectivity index (χ0n) is 16.6. The van der Waals surface area contributed by atoms with Crippen LogP contribution in [0.2, 0.25) is 0 Å². The lowest BCUT2D eigenvalue weighted by Crippen LogP contribution is -2.49. The Hall–Kier alpha value is -2.87. The highest BCUT2D eigenvalue weighted by Crippen LogP contribution is 2.39. The molecule has 8 nitrogen and oxygen atoms in total. The number of likely N-dealkylation sites (N-methyl/N-ethyl adjacent to an activating group) is 1. The molecule has 1 saturated heterocycles. The second-order valence-electron chi connectivity index (χ2n) is 7.16. The van der Waals surface area contributed by atoms with Gasteiger partial charge in [0.2, 0.25) is 5.95 Å². The van der Waals surface area contributed by atoms with E-state index in [9.17, 15) is 4.79 Å². The number of hydrogen-bond acceptors (Lipinski definition) is 6. The van der Waals surface area contributed by atoms with Crippen molar-refractivity contribution in [3.63, 3.8) is 0 Å². The van der Waals surface area contributed by atoms with Gasteiger partial charge in [-0.05, 0) is 27.0 Å². The molecule has 1 aromatic carbocycles. The van der Waals surface area contributed by atoms with Crippen molar-refractivity contribution in [2.45, 2.75) is 19.9 Å². The van der Waals surface area contributed by atoms with E-state index in [0.717, 1.165) is 43.2 Å². The molecule has 0 spiro atoms. The van der Waals surface area contributed by atoms with E-state index in [-0.39, 0.29) is 11.9 Å². The van der Waals surface area contributed by atoms with Crippen LogP contribution in [-0.4, -0.2) is 70.3 Å². The maximum absolute atomic E-state index is 13.6. The Labute approximate surface area is 164 Å². The molecule has 148 valence electrons. The minimum absolute atomic E-state index is 0.0375. The van der Waals surface area contributed by atoms with Crippen LogP contribution in [0.1, 0.15) is 25.5 Å². The fourth-order valence-corrected chi connectivity index (χ4v) is 3.83. The van der Waals surface area contributed by atoms with Gasteiger partial charge < -0.3 is 19.9 Å². The van der Waals surface area contributed by atoms with Gasteiger partial charge >= 0.3 is 0 Å². The summed E-state index contributed by atoms with van der Waals surface area (Å²) in [7, 11) is 2.08. The van der Waals surface area contributed by atoms with E-state index in [1.807, 2.05) is 43.0 Å². The van der Waals surface area contributed by atoms with Gasteiger partial charge in [-0.2, -0.15) is 10.1 Å². The molecule has 8 heteroatoms. The summed E-state index contributed by atoms with van der Waals surface area (Å²) < 4.78 is 7.64. The second kappa shape index (κ2) is 7.63. The van der Waals surface area contributed by atoms with E-state index in [1.165, 1.54) is 6.33 Å². The minimum atomic E-state index is -0.381. The summed E-state index contributed by atoms with van der Waals surface area (Å²) >= 11 is 0. The summed E-state index contributed by atoms with van der Waals surface area (Å²) in [6.45, 7) is 7.62. The molecule has 1 fully saturated rings. The lowest BCUT2D eigenvalue weighted by molar-refractivity contribution is -0.129. The number of para-hydroxylation sites is 1. The summed E-state index contributed by atoms with van der Waals surface area (Å²) in [4.78, 5) is 22.0. The van der Waals surface area contributed by atoms with Gasteiger partial charge in [0, 0.05) is 37.4 Å². The fraction of sp³-hybridized carbons (Fsp3) is 0.450. The Morgan fingerprint density at radius 3 is 2.75 bits per heavy atom. The van der Waals surface area contributed by atoms with Gasteiger partial charge in [-0.25, -0.2) is 4.68 Å². The number of allylic oxidation sites excluding steroid dienone is 1. The largest absolute Gasteiger partial charge is 0.494 e. The van der Waals surface area contributed by atoms with Gasteiger partial charge in [0.15, 0.2) is 0 Å². The quantitative estimate of drug-likeness (QED) is 0.868. The predicted molar refractivity (Wildman–Crippen MR) is 106 cm³/mol. The number of aromatic nitrogens is 3. The molecule has 0 bridgehead atoms. The molecule has 2 aromatic rings. The first kappa shape index (κ1) is 18.5. The Morgan fingerprint density at radius 2 is 2.00 bits per heavy atom. The highest BCUT2D eigenvalue weighted by molar-refractivity contribution is 5.97. The van der Waals surface area contributed by atoms with E-state index in [0.29, 0.717) is 18.1 Å². The molecule has 1 atom stereocenters. The monoisotopic (exact) mass is 382 g/mol. The lowest BCUT2D eigenvalue weighted by atomic mass is 9.93. The zero-order chi connectivity index (χ0) is 19.7. The van der Waals surface area contributed by atoms with Crippen LogP contribution in [0.3, 0.4) is 0 Å². The highest BCUT2D eigenvalue weighted by Gasteiger charge is 2.37. The molecule has 1 aromatic heterocycles. The summed E-state index contributed by atoms with van der Waals surface area (Å²) in [5.74, 6) is 1.43. The number of carbonyl (C=O) groups is 1. The molecular weight excluding hydrogens is 356 g/mol. The van der Waals surface area contributed by atoms with Gasteiger partial charge in [-0.3, -0.25) is 4.79 Å². The van der Waals surface area contributed by atoms with Gasteiger partial charge in [0.25, 0.3) is 5.91 Å². The number of amides is 1. The number of ether oxygens (including phenoxy) is 1. The molecule has 3 heterocycles. The zero-order valence-corrected chi connectivity index (χ0v) is 16.6. The summed E-state index contributed by atoms with van der Waals surface area (Å²) in [5, 5.41) is 7.65. The molecule has 4 rings (SSSR count). The third-order valence-electron chi connectivity index (χ3n) is 5.33. The second-order valence-corrected chi connectivity index (χ2v) is 7.16. The average Bonchev–Trinajstić information content (AvgIpc) is 3.16. The number of nitrogens with zero attached hydrogens (tertiary/aromatic N) is 5. The van der Waals surface area contributed by atoms with Crippen LogP contribution in [0.4, 0.5) is 5.95 Å². The number of hydrogen-bond donors (Lipinski definition) is 1. The van der Waals surface area contributed by atoms with Gasteiger partial charge in [-0.1, -0.05) is 18.2 Å². The van der Waals surface area contributed by atoms with Gasteiger partial charge in [-0.15, -0.1) is 0 Å². The third kappa shape index (κ3) is 3.24. The number of anilines is 1. The van der Waals surface area contributed by atoms with Crippen molar-refractivity contribution in [2.75, 3.05) is 45.2 Å². The normalized spacial score (nSPS) is 20.0. The van der Waals surface area contributed by atoms with Crippen molar-refractivity contribution >= 4 is 11.9 Å². The first-order chi connectivity index (χ1) is 13.6. The third-order valence-corrected chi connectivity index (χ3v) is 5.33. The standard InChI is InChI=1S/C20H26N6O2/c1-4-28-16-8-6-5-7-15(16)18-17(14(2)23-20-21-13-22-26(18)20)19(27)25-11-9-24(3)10-12-25/h5-8,13,18H,4,9-12H2,1-3H3,(H,21,22,23)/t18-/m1/s1. The molecule has 0 unspecified atom stereocenters. The molecule has 0 saturated carbocycles. The molecular formula is C20H26N6O2. The van der Waals surface area contributed by atoms with Gasteiger partial charge in [0.05, 0.1) is 12.2 Å². The highest BCUT2D eigenvalue weighted by atomic mass is 16.5. The van der Waals surface area contributed by atoms with Crippen LogP contribution >= 0.6 is 0 Å². The SMILES string of the molecule is CCOc1ccccc1[C@@H]1C(C(=O)N2CCN(C)CC2)=C(C)Nc2ncnn21. The Kier molecular flexibility index (Phi) is 5.04. The molecule has 1 amide bonds. The number of carbonyl (C=O) groups excluding carboxylic acids is 1. The fourth-order valence-electron chi connectivity index (χ4n) is 3.83. The molecule has 0 radical (unpaired) electrons. The Balaban J connectivity index is 1.78. The summed E-state index contributed by atoms with van der Waals surface area (Å²) in [6, 6.07) is 7.45. The summed E-state index contributed by atoms with van der Waals surface area (Å²) in [5.41, 5.74) is 2.41. The van der Waals surface area contributed by atoms with Crippen LogP contribution in [0.15, 0.2) is 41.9 Å². The van der Waals surface area contributed by atoms with Crippen LogP contribution in [-0.2, 0) is 4.79 Å². The smallest absolute Gasteiger partial charge is 0.254 e. The number of rotatable bonds is 4. The molecule has 1 N–H and O–H groups in total. The first-order valence-electron chi connectivity index (χ1n) is 9.67. The van der Waals surface area contributed by atoms with E-state index in [2.05, 4.69) is 27.3 Å². The maximum atomic E-state index is 13.6. The van der Waals surface area contributed by atoms with Crippen LogP contribution < -0.4 is 10.1 Å². The van der Waals surface area contributed by atoms with Crippen molar-refractivity contribution in [3.05, 3.63) is 47.4 Å². The maximum Gasteiger partial charge on any atom is 0.254 e. The molecule has 2 aliphatic heterocycles. The van der Waals surface area contributed by atoms with Crippen molar-refractivity contribution in [1.82, 2.24) is 24.6 Å². The molecule has 28 heavy (non-hydrogen) atoms. The average molecular weight is 382 g/mol. The predicted octanol–water partition coefficient (Wildman–Crippen LogP) is 1.74. The van der Waals surface area contributed by atoms with Crippen LogP contribution in [0, 0.1) is 0 Å². The molecule has 2 aliphatic rings. The topological polar surface area (TPSA) is 75.5 Å². The molecule has 0 aliphatic carbocycles. The van der Waals surface area contributed by atoms with Gasteiger partial charge in [0.1, 0.15) is 18.1 Å². The number of nitrogens with one attached hydrogen (secondary N) is 1. The van der Waals surface area contributed by atoms with E-state index >= 15 is 0 Å². The van der Waals surface area contributed by atoms with Crippen molar-refractivity contribution < 1.29 is 9.53 Å². The Bertz CT molecular complexity index is 898. The Morgan fingerprint density at radius 1 is 1.25 bits per heavy atom. The summed E-state index contributed by atoms with van der Waals surface area (Å²) in [6.07, 6.45) is 1.51. The van der Waals surface area contributed by atoms with Crippen LogP contribution in [0.25, 0.3) is 0 Å². The van der Waals surface area contributed by atoms with Crippen LogP contribution in [0.5, 0.6) is 5.75 Å². The van der Waals surface area contributed by atoms with E-state index in [4.69, 9.17) is 4.74 Å². The van der Waals surface area contributed by atoms with E-state index in [1.54, 1.807) is 4.68 Å². The first-order valence-corrected chi connectivity index (χ1v) is 9.67. The van der Waals surface area contributed by atoms with Crippen molar-refractivity contribution in [1.29, 1.82) is 0 Å². The number of fused-ring (bicyclic) bond motifs is 1. The lowest BCUT2D eigenvalue weighted by Gasteiger charge is -2.36. The van der Waals surface area contributed by atoms with Crippen molar-refractivity contribution in [2.24, 2.45) is 0 Å². The van der Waals surface area contributed by atoms with Crippen molar-refractivity contribution in [3.8, 4) is 5.75 Å².